The molecule has 1 heterocycles. The Bertz CT molecular complexity index is 934. The van der Waals surface area contributed by atoms with E-state index in [1.807, 2.05) is 48.5 Å². The summed E-state index contributed by atoms with van der Waals surface area (Å²) < 4.78 is 0. The Morgan fingerprint density at radius 3 is 1.68 bits per heavy atom. The number of pyridine rings is 1. The van der Waals surface area contributed by atoms with E-state index in [1.165, 1.54) is 6.07 Å². The van der Waals surface area contributed by atoms with E-state index < -0.39 is 0 Å². The Morgan fingerprint density at radius 1 is 0.636 bits per heavy atom. The number of benzene rings is 3. The zero-order chi connectivity index (χ0) is 15.1. The number of fused-ring (bicyclic) bond motifs is 2. The molecule has 3 aromatic carbocycles. The standard InChI is InChI=1S/C19H13NO2/c21-13-9-12(10-14(22)11-13)19-15-5-1-3-7-17(15)20-18-8-4-2-6-16(18)19/h1-11,21-22H. The summed E-state index contributed by atoms with van der Waals surface area (Å²) in [6, 6.07) is 20.4. The first-order valence-corrected chi connectivity index (χ1v) is 7.03. The molecule has 0 amide bonds. The van der Waals surface area contributed by atoms with Gasteiger partial charge in [0.05, 0.1) is 11.0 Å². The van der Waals surface area contributed by atoms with Crippen molar-refractivity contribution in [1.29, 1.82) is 0 Å². The SMILES string of the molecule is Oc1cc(O)cc(-c2c3ccccc3nc3ccccc23)c1. The van der Waals surface area contributed by atoms with Crippen LogP contribution in [0.2, 0.25) is 0 Å². The van der Waals surface area contributed by atoms with Gasteiger partial charge in [-0.1, -0.05) is 36.4 Å². The number of nitrogens with zero attached hydrogens (tertiary/aromatic N) is 1. The molecule has 4 aromatic rings. The topological polar surface area (TPSA) is 53.4 Å². The molecule has 0 saturated carbocycles. The fraction of sp³-hybridized carbons (Fsp3) is 0. The van der Waals surface area contributed by atoms with Gasteiger partial charge in [0, 0.05) is 22.4 Å². The second kappa shape index (κ2) is 4.74. The zero-order valence-electron chi connectivity index (χ0n) is 11.7. The van der Waals surface area contributed by atoms with Gasteiger partial charge < -0.3 is 10.2 Å². The van der Waals surface area contributed by atoms with Gasteiger partial charge in [0.15, 0.2) is 0 Å². The van der Waals surface area contributed by atoms with Crippen molar-refractivity contribution >= 4 is 21.8 Å². The maximum atomic E-state index is 9.82. The van der Waals surface area contributed by atoms with E-state index >= 15 is 0 Å². The van der Waals surface area contributed by atoms with Gasteiger partial charge in [0.1, 0.15) is 11.5 Å². The Kier molecular flexibility index (Phi) is 2.73. The van der Waals surface area contributed by atoms with Crippen LogP contribution >= 0.6 is 0 Å². The second-order valence-electron chi connectivity index (χ2n) is 5.26. The van der Waals surface area contributed by atoms with Crippen molar-refractivity contribution in [1.82, 2.24) is 4.98 Å². The number of rotatable bonds is 1. The molecule has 0 bridgehead atoms. The van der Waals surface area contributed by atoms with E-state index in [-0.39, 0.29) is 11.5 Å². The maximum Gasteiger partial charge on any atom is 0.119 e. The van der Waals surface area contributed by atoms with Gasteiger partial charge in [-0.05, 0) is 29.8 Å². The molecule has 106 valence electrons. The zero-order valence-corrected chi connectivity index (χ0v) is 11.7. The van der Waals surface area contributed by atoms with Crippen molar-refractivity contribution in [3.05, 3.63) is 66.7 Å². The van der Waals surface area contributed by atoms with Crippen LogP contribution in [0.1, 0.15) is 0 Å². The van der Waals surface area contributed by atoms with Gasteiger partial charge in [-0.3, -0.25) is 0 Å². The summed E-state index contributed by atoms with van der Waals surface area (Å²) in [4.78, 5) is 4.68. The molecular formula is C19H13NO2. The molecule has 0 radical (unpaired) electrons. The van der Waals surface area contributed by atoms with Crippen LogP contribution in [0.25, 0.3) is 32.9 Å². The molecular weight excluding hydrogens is 274 g/mol. The van der Waals surface area contributed by atoms with Crippen molar-refractivity contribution in [3.8, 4) is 22.6 Å². The molecule has 1 aromatic heterocycles. The molecule has 22 heavy (non-hydrogen) atoms. The lowest BCUT2D eigenvalue weighted by Gasteiger charge is -2.12. The summed E-state index contributed by atoms with van der Waals surface area (Å²) >= 11 is 0. The average Bonchev–Trinajstić information content (AvgIpc) is 2.51. The van der Waals surface area contributed by atoms with Crippen LogP contribution in [-0.2, 0) is 0 Å². The third-order valence-electron chi connectivity index (χ3n) is 3.78. The summed E-state index contributed by atoms with van der Waals surface area (Å²) in [5, 5.41) is 21.6. The molecule has 0 aliphatic heterocycles. The molecule has 0 atom stereocenters. The molecule has 2 N–H and O–H groups in total. The summed E-state index contributed by atoms with van der Waals surface area (Å²) in [6.45, 7) is 0. The predicted octanol–water partition coefficient (Wildman–Crippen LogP) is 4.47. The van der Waals surface area contributed by atoms with E-state index in [0.29, 0.717) is 0 Å². The summed E-state index contributed by atoms with van der Waals surface area (Å²) in [5.41, 5.74) is 3.51. The van der Waals surface area contributed by atoms with Gasteiger partial charge >= 0.3 is 0 Å². The van der Waals surface area contributed by atoms with Crippen molar-refractivity contribution < 1.29 is 10.2 Å². The van der Waals surface area contributed by atoms with E-state index in [4.69, 9.17) is 0 Å². The first-order valence-electron chi connectivity index (χ1n) is 7.03. The minimum absolute atomic E-state index is 0.0416. The second-order valence-corrected chi connectivity index (χ2v) is 5.26. The highest BCUT2D eigenvalue weighted by atomic mass is 16.3. The third kappa shape index (κ3) is 1.95. The number of aromatic nitrogens is 1. The van der Waals surface area contributed by atoms with Crippen LogP contribution in [0, 0.1) is 0 Å². The molecule has 0 aliphatic carbocycles. The minimum Gasteiger partial charge on any atom is -0.508 e. The number of aromatic hydroxyl groups is 2. The van der Waals surface area contributed by atoms with E-state index in [0.717, 1.165) is 32.9 Å². The highest BCUT2D eigenvalue weighted by Gasteiger charge is 2.12. The molecule has 4 rings (SSSR count). The quantitative estimate of drug-likeness (QED) is 0.508. The van der Waals surface area contributed by atoms with Crippen LogP contribution in [0.5, 0.6) is 11.5 Å². The number of hydrogen-bond acceptors (Lipinski definition) is 3. The lowest BCUT2D eigenvalue weighted by molar-refractivity contribution is 0.451. The lowest BCUT2D eigenvalue weighted by atomic mass is 9.96. The molecule has 0 unspecified atom stereocenters. The number of phenolic OH excluding ortho intramolecular Hbond substituents is 2. The van der Waals surface area contributed by atoms with Gasteiger partial charge in [-0.25, -0.2) is 4.98 Å². The Hall–Kier alpha value is -3.07. The van der Waals surface area contributed by atoms with Gasteiger partial charge in [-0.2, -0.15) is 0 Å². The van der Waals surface area contributed by atoms with Crippen molar-refractivity contribution in [2.24, 2.45) is 0 Å². The Labute approximate surface area is 127 Å². The Balaban J connectivity index is 2.21. The number of phenols is 2. The largest absolute Gasteiger partial charge is 0.508 e. The van der Waals surface area contributed by atoms with Gasteiger partial charge in [-0.15, -0.1) is 0 Å². The molecule has 3 heteroatoms. The van der Waals surface area contributed by atoms with Gasteiger partial charge in [0.2, 0.25) is 0 Å². The summed E-state index contributed by atoms with van der Waals surface area (Å²) in [6.07, 6.45) is 0. The van der Waals surface area contributed by atoms with E-state index in [2.05, 4.69) is 4.98 Å². The number of hydrogen-bond donors (Lipinski definition) is 2. The molecule has 0 aliphatic rings. The molecule has 0 spiro atoms. The average molecular weight is 287 g/mol. The smallest absolute Gasteiger partial charge is 0.119 e. The number of para-hydroxylation sites is 2. The molecule has 0 saturated heterocycles. The van der Waals surface area contributed by atoms with Crippen molar-refractivity contribution in [2.45, 2.75) is 0 Å². The van der Waals surface area contributed by atoms with Crippen LogP contribution in [0.3, 0.4) is 0 Å². The van der Waals surface area contributed by atoms with E-state index in [1.54, 1.807) is 12.1 Å². The third-order valence-corrected chi connectivity index (χ3v) is 3.78. The minimum atomic E-state index is 0.0416. The first kappa shape index (κ1) is 12.7. The normalized spacial score (nSPS) is 11.1. The van der Waals surface area contributed by atoms with Crippen LogP contribution < -0.4 is 0 Å². The lowest BCUT2D eigenvalue weighted by Crippen LogP contribution is -1.88. The monoisotopic (exact) mass is 287 g/mol. The molecule has 0 fully saturated rings. The van der Waals surface area contributed by atoms with Gasteiger partial charge in [0.25, 0.3) is 0 Å². The van der Waals surface area contributed by atoms with Crippen LogP contribution in [-0.4, -0.2) is 15.2 Å². The van der Waals surface area contributed by atoms with E-state index in [9.17, 15) is 10.2 Å². The maximum absolute atomic E-state index is 9.82. The first-order chi connectivity index (χ1) is 10.7. The highest BCUT2D eigenvalue weighted by molar-refractivity contribution is 6.09. The summed E-state index contributed by atoms with van der Waals surface area (Å²) in [7, 11) is 0. The molecule has 3 nitrogen and oxygen atoms in total. The fourth-order valence-electron chi connectivity index (χ4n) is 2.89. The predicted molar refractivity (Wildman–Crippen MR) is 88.0 cm³/mol. The van der Waals surface area contributed by atoms with Crippen LogP contribution in [0.4, 0.5) is 0 Å². The summed E-state index contributed by atoms with van der Waals surface area (Å²) in [5.74, 6) is 0.0833. The highest BCUT2D eigenvalue weighted by Crippen LogP contribution is 2.37. The fourth-order valence-corrected chi connectivity index (χ4v) is 2.89. The van der Waals surface area contributed by atoms with Crippen molar-refractivity contribution in [3.63, 3.8) is 0 Å². The Morgan fingerprint density at radius 2 is 1.14 bits per heavy atom. The van der Waals surface area contributed by atoms with Crippen molar-refractivity contribution in [2.75, 3.05) is 0 Å². The van der Waals surface area contributed by atoms with Crippen LogP contribution in [0.15, 0.2) is 66.7 Å².